The van der Waals surface area contributed by atoms with E-state index in [0.29, 0.717) is 48.7 Å². The maximum atomic E-state index is 12.9. The number of nitrogens with zero attached hydrogens (tertiary/aromatic N) is 1. The van der Waals surface area contributed by atoms with Crippen LogP contribution in [0, 0.1) is 5.92 Å². The minimum absolute atomic E-state index is 0.181. The Kier molecular flexibility index (Phi) is 8.85. The molecule has 33 heavy (non-hydrogen) atoms. The third kappa shape index (κ3) is 6.54. The van der Waals surface area contributed by atoms with Crippen molar-refractivity contribution in [2.24, 2.45) is 5.92 Å². The number of rotatable bonds is 9. The van der Waals surface area contributed by atoms with Crippen molar-refractivity contribution < 1.29 is 22.7 Å². The molecular formula is C23H28ClN3O5S. The summed E-state index contributed by atoms with van der Waals surface area (Å²) in [6, 6.07) is 12.9. The van der Waals surface area contributed by atoms with Crippen LogP contribution in [-0.2, 0) is 19.6 Å². The van der Waals surface area contributed by atoms with Crippen LogP contribution in [0.15, 0.2) is 53.4 Å². The fourth-order valence-electron chi connectivity index (χ4n) is 3.65. The monoisotopic (exact) mass is 493 g/mol. The molecule has 1 heterocycles. The van der Waals surface area contributed by atoms with E-state index in [4.69, 9.17) is 16.3 Å². The van der Waals surface area contributed by atoms with Gasteiger partial charge in [-0.05, 0) is 55.7 Å². The Morgan fingerprint density at radius 2 is 1.76 bits per heavy atom. The molecule has 2 amide bonds. The van der Waals surface area contributed by atoms with E-state index in [-0.39, 0.29) is 35.7 Å². The van der Waals surface area contributed by atoms with E-state index in [1.807, 2.05) is 0 Å². The number of amides is 2. The smallest absolute Gasteiger partial charge is 0.253 e. The van der Waals surface area contributed by atoms with Gasteiger partial charge >= 0.3 is 0 Å². The number of methoxy groups -OCH3 is 1. The van der Waals surface area contributed by atoms with Gasteiger partial charge in [0.05, 0.1) is 16.1 Å². The summed E-state index contributed by atoms with van der Waals surface area (Å²) in [6.45, 7) is 1.50. The molecule has 0 aliphatic carbocycles. The first kappa shape index (κ1) is 25.2. The predicted octanol–water partition coefficient (Wildman–Crippen LogP) is 3.15. The molecule has 8 nitrogen and oxygen atoms in total. The molecule has 178 valence electrons. The molecule has 0 bridgehead atoms. The first-order chi connectivity index (χ1) is 15.8. The Labute approximate surface area is 199 Å². The molecule has 0 unspecified atom stereocenters. The zero-order valence-corrected chi connectivity index (χ0v) is 20.0. The van der Waals surface area contributed by atoms with Crippen molar-refractivity contribution in [2.75, 3.05) is 38.7 Å². The number of halogens is 1. The summed E-state index contributed by atoms with van der Waals surface area (Å²) in [6.07, 6.45) is 1.47. The maximum absolute atomic E-state index is 12.9. The first-order valence-corrected chi connectivity index (χ1v) is 12.6. The van der Waals surface area contributed by atoms with E-state index in [9.17, 15) is 18.0 Å². The second-order valence-electron chi connectivity index (χ2n) is 7.77. The highest BCUT2D eigenvalue weighted by molar-refractivity contribution is 7.89. The average Bonchev–Trinajstić information content (AvgIpc) is 2.82. The summed E-state index contributed by atoms with van der Waals surface area (Å²) >= 11 is 5.85. The summed E-state index contributed by atoms with van der Waals surface area (Å²) in [5, 5.41) is 6.13. The zero-order chi connectivity index (χ0) is 23.8. The Morgan fingerprint density at radius 3 is 2.42 bits per heavy atom. The molecule has 1 fully saturated rings. The number of hydrogen-bond acceptors (Lipinski definition) is 5. The van der Waals surface area contributed by atoms with Gasteiger partial charge in [0.15, 0.2) is 0 Å². The fraction of sp³-hybridized carbons (Fsp3) is 0.391. The molecular weight excluding hydrogens is 466 g/mol. The van der Waals surface area contributed by atoms with E-state index in [2.05, 4.69) is 10.6 Å². The lowest BCUT2D eigenvalue weighted by Gasteiger charge is -2.30. The number of hydrogen-bond donors (Lipinski definition) is 2. The predicted molar refractivity (Wildman–Crippen MR) is 127 cm³/mol. The molecule has 0 atom stereocenters. The lowest BCUT2D eigenvalue weighted by Crippen LogP contribution is -2.41. The molecule has 10 heteroatoms. The number of anilines is 1. The Morgan fingerprint density at radius 1 is 1.09 bits per heavy atom. The van der Waals surface area contributed by atoms with Gasteiger partial charge in [-0.25, -0.2) is 8.42 Å². The van der Waals surface area contributed by atoms with Crippen molar-refractivity contribution in [3.8, 4) is 0 Å². The number of benzene rings is 2. The van der Waals surface area contributed by atoms with Gasteiger partial charge < -0.3 is 15.4 Å². The van der Waals surface area contributed by atoms with Gasteiger partial charge in [0, 0.05) is 44.3 Å². The van der Waals surface area contributed by atoms with E-state index in [1.54, 1.807) is 43.5 Å². The third-order valence-corrected chi connectivity index (χ3v) is 7.68. The van der Waals surface area contributed by atoms with E-state index in [0.717, 1.165) is 0 Å². The number of piperidine rings is 1. The second-order valence-corrected chi connectivity index (χ2v) is 10.1. The number of nitrogens with one attached hydrogen (secondary N) is 2. The molecule has 2 aromatic carbocycles. The lowest BCUT2D eigenvalue weighted by atomic mass is 9.97. The maximum Gasteiger partial charge on any atom is 0.253 e. The molecule has 1 aliphatic heterocycles. The van der Waals surface area contributed by atoms with Gasteiger partial charge in [0.2, 0.25) is 15.9 Å². The van der Waals surface area contributed by atoms with Gasteiger partial charge in [-0.3, -0.25) is 9.59 Å². The van der Waals surface area contributed by atoms with Gasteiger partial charge in [-0.1, -0.05) is 23.7 Å². The minimum Gasteiger partial charge on any atom is -0.385 e. The highest BCUT2D eigenvalue weighted by Crippen LogP contribution is 2.26. The van der Waals surface area contributed by atoms with E-state index < -0.39 is 10.0 Å². The lowest BCUT2D eigenvalue weighted by molar-refractivity contribution is -0.120. The summed E-state index contributed by atoms with van der Waals surface area (Å²) in [5.74, 6) is -0.844. The van der Waals surface area contributed by atoms with Crippen LogP contribution in [0.4, 0.5) is 5.69 Å². The molecule has 3 rings (SSSR count). The zero-order valence-electron chi connectivity index (χ0n) is 18.4. The topological polar surface area (TPSA) is 105 Å². The minimum atomic E-state index is -3.64. The van der Waals surface area contributed by atoms with Gasteiger partial charge in [-0.2, -0.15) is 4.31 Å². The highest BCUT2D eigenvalue weighted by Gasteiger charge is 2.32. The molecule has 0 saturated carbocycles. The Bertz CT molecular complexity index is 1070. The number of carbonyl (C=O) groups is 2. The number of para-hydroxylation sites is 1. The van der Waals surface area contributed by atoms with Gasteiger partial charge in [0.1, 0.15) is 0 Å². The quantitative estimate of drug-likeness (QED) is 0.522. The van der Waals surface area contributed by atoms with Crippen molar-refractivity contribution in [1.82, 2.24) is 9.62 Å². The van der Waals surface area contributed by atoms with Gasteiger partial charge in [-0.15, -0.1) is 0 Å². The first-order valence-electron chi connectivity index (χ1n) is 10.8. The van der Waals surface area contributed by atoms with E-state index >= 15 is 0 Å². The van der Waals surface area contributed by atoms with Crippen LogP contribution in [0.3, 0.4) is 0 Å². The Hall–Kier alpha value is -2.46. The van der Waals surface area contributed by atoms with Crippen LogP contribution in [0.5, 0.6) is 0 Å². The van der Waals surface area contributed by atoms with E-state index in [1.165, 1.54) is 16.4 Å². The molecule has 2 aromatic rings. The van der Waals surface area contributed by atoms with Crippen molar-refractivity contribution >= 4 is 39.1 Å². The van der Waals surface area contributed by atoms with Crippen LogP contribution < -0.4 is 10.6 Å². The third-order valence-electron chi connectivity index (χ3n) is 5.52. The normalized spacial score (nSPS) is 15.2. The summed E-state index contributed by atoms with van der Waals surface area (Å²) in [4.78, 5) is 25.6. The highest BCUT2D eigenvalue weighted by atomic mass is 35.5. The average molecular weight is 494 g/mol. The molecule has 0 spiro atoms. The number of sulfonamides is 1. The second kappa shape index (κ2) is 11.6. The van der Waals surface area contributed by atoms with Crippen LogP contribution in [0.25, 0.3) is 0 Å². The number of ether oxygens (including phenoxy) is 1. The van der Waals surface area contributed by atoms with Crippen LogP contribution >= 0.6 is 11.6 Å². The van der Waals surface area contributed by atoms with Gasteiger partial charge in [0.25, 0.3) is 5.91 Å². The molecule has 0 radical (unpaired) electrons. The molecule has 1 aliphatic rings. The standard InChI is InChI=1S/C23H28ClN3O5S/c1-32-16-4-13-25-23(29)20-5-2-3-6-21(20)26-22(28)17-11-14-27(15-12-17)33(30,31)19-9-7-18(24)8-10-19/h2-3,5-10,17H,4,11-16H2,1H3,(H,25,29)(H,26,28). The SMILES string of the molecule is COCCCNC(=O)c1ccccc1NC(=O)C1CCN(S(=O)(=O)c2ccc(Cl)cc2)CC1. The summed E-state index contributed by atoms with van der Waals surface area (Å²) in [5.41, 5.74) is 0.814. The Balaban J connectivity index is 1.58. The number of carbonyl (C=O) groups excluding carboxylic acids is 2. The fourth-order valence-corrected chi connectivity index (χ4v) is 5.25. The summed E-state index contributed by atoms with van der Waals surface area (Å²) < 4.78 is 32.1. The summed E-state index contributed by atoms with van der Waals surface area (Å²) in [7, 11) is -2.04. The molecule has 2 N–H and O–H groups in total. The van der Waals surface area contributed by atoms with Crippen molar-refractivity contribution in [2.45, 2.75) is 24.2 Å². The van der Waals surface area contributed by atoms with Crippen molar-refractivity contribution in [3.05, 3.63) is 59.1 Å². The van der Waals surface area contributed by atoms with Crippen LogP contribution in [0.2, 0.25) is 5.02 Å². The molecule has 1 saturated heterocycles. The molecule has 0 aromatic heterocycles. The van der Waals surface area contributed by atoms with Crippen LogP contribution in [-0.4, -0.2) is 57.9 Å². The van der Waals surface area contributed by atoms with Crippen molar-refractivity contribution in [1.29, 1.82) is 0 Å². The van der Waals surface area contributed by atoms with Crippen LogP contribution in [0.1, 0.15) is 29.6 Å². The largest absolute Gasteiger partial charge is 0.385 e. The van der Waals surface area contributed by atoms with Crippen molar-refractivity contribution in [3.63, 3.8) is 0 Å².